The van der Waals surface area contributed by atoms with Crippen LogP contribution in [0.4, 0.5) is 0 Å². The maximum absolute atomic E-state index is 3.72. The molecular formula is C54H66N2P2. The van der Waals surface area contributed by atoms with Crippen LogP contribution in [0, 0.1) is 35.5 Å². The van der Waals surface area contributed by atoms with Crippen LogP contribution in [-0.4, -0.2) is 20.3 Å². The molecule has 0 unspecified atom stereocenters. The Morgan fingerprint density at radius 1 is 0.483 bits per heavy atom. The molecule has 0 saturated heterocycles. The first-order valence-corrected chi connectivity index (χ1v) is 26.2. The lowest BCUT2D eigenvalue weighted by Crippen LogP contribution is -2.56. The van der Waals surface area contributed by atoms with Crippen molar-refractivity contribution in [2.24, 2.45) is 35.5 Å². The minimum atomic E-state index is -0.636. The number of hydrogen-bond acceptors (Lipinski definition) is 0. The lowest BCUT2D eigenvalue weighted by atomic mass is 9.55. The molecule has 8 saturated carbocycles. The number of nitrogens with one attached hydrogen (secondary N) is 2. The smallest absolute Gasteiger partial charge is 0.0448 e. The van der Waals surface area contributed by atoms with Crippen LogP contribution in [0.15, 0.2) is 109 Å². The highest BCUT2D eigenvalue weighted by atomic mass is 31.1. The molecule has 58 heavy (non-hydrogen) atoms. The van der Waals surface area contributed by atoms with E-state index in [9.17, 15) is 0 Å². The molecule has 4 heteroatoms. The average Bonchev–Trinajstić information content (AvgIpc) is 3.95. The van der Waals surface area contributed by atoms with Crippen LogP contribution in [0.1, 0.15) is 138 Å². The van der Waals surface area contributed by atoms with Gasteiger partial charge in [-0.1, -0.05) is 108 Å². The Morgan fingerprint density at radius 3 is 1.19 bits per heavy atom. The quantitative estimate of drug-likeness (QED) is 0.118. The van der Waals surface area contributed by atoms with Crippen LogP contribution in [0.5, 0.6) is 0 Å². The Balaban J connectivity index is 1.13. The van der Waals surface area contributed by atoms with Gasteiger partial charge in [0.05, 0.1) is 0 Å². The minimum absolute atomic E-state index is 0.149. The van der Waals surface area contributed by atoms with E-state index < -0.39 is 7.92 Å². The first-order valence-electron chi connectivity index (χ1n) is 23.2. The monoisotopic (exact) mass is 804 g/mol. The topological polar surface area (TPSA) is 31.6 Å². The standard InChI is InChI=1S/C54H66N2P2/c1-51(2,45-13-7-5-8-14-45)47-27-43(35-57(49-17-11-19-55-49)50-18-12-20-56-50)44(28-48(47)52(3,4)46-15-9-6-10-16-46)36-58(53-29-37-21-38(30-53)23-39(22-37)31-53)54-32-40-24-41(33-54)26-42(25-40)34-54/h5-20,27-28,37-42,55-56H,21-26,29-36H2,1-4H3. The van der Waals surface area contributed by atoms with Gasteiger partial charge in [-0.15, -0.1) is 0 Å². The van der Waals surface area contributed by atoms with Crippen LogP contribution in [-0.2, 0) is 23.2 Å². The van der Waals surface area contributed by atoms with Crippen LogP contribution in [0.25, 0.3) is 0 Å². The van der Waals surface area contributed by atoms with Crippen LogP contribution < -0.4 is 10.9 Å². The number of aromatic nitrogens is 2. The fraction of sp³-hybridized carbons (Fsp3) is 0.519. The fourth-order valence-electron chi connectivity index (χ4n) is 15.3. The third-order valence-electron chi connectivity index (χ3n) is 17.2. The van der Waals surface area contributed by atoms with Gasteiger partial charge >= 0.3 is 0 Å². The summed E-state index contributed by atoms with van der Waals surface area (Å²) < 4.78 is 0. The highest BCUT2D eigenvalue weighted by Gasteiger charge is 2.62. The molecule has 5 aromatic rings. The summed E-state index contributed by atoms with van der Waals surface area (Å²) in [5, 5.41) is 1.18. The van der Waals surface area contributed by atoms with Crippen molar-refractivity contribution in [2.45, 2.75) is 138 Å². The molecule has 0 aliphatic heterocycles. The zero-order valence-corrected chi connectivity index (χ0v) is 37.4. The summed E-state index contributed by atoms with van der Waals surface area (Å²) in [6.45, 7) is 10.1. The first-order chi connectivity index (χ1) is 28.1. The van der Waals surface area contributed by atoms with E-state index in [0.29, 0.717) is 10.3 Å². The summed E-state index contributed by atoms with van der Waals surface area (Å²) in [6, 6.07) is 37.7. The zero-order valence-electron chi connectivity index (χ0n) is 35.7. The Bertz CT molecular complexity index is 2070. The fourth-order valence-corrected chi connectivity index (χ4v) is 22.7. The molecule has 8 aliphatic carbocycles. The van der Waals surface area contributed by atoms with Crippen LogP contribution in [0.2, 0.25) is 0 Å². The van der Waals surface area contributed by atoms with Gasteiger partial charge in [0.1, 0.15) is 0 Å². The molecule has 302 valence electrons. The third-order valence-corrected chi connectivity index (χ3v) is 23.7. The van der Waals surface area contributed by atoms with E-state index in [1.54, 1.807) is 93.7 Å². The molecular weight excluding hydrogens is 739 g/mol. The highest BCUT2D eigenvalue weighted by molar-refractivity contribution is 7.71. The van der Waals surface area contributed by atoms with Crippen molar-refractivity contribution in [3.8, 4) is 0 Å². The Labute approximate surface area is 351 Å². The van der Waals surface area contributed by atoms with E-state index in [1.807, 2.05) is 0 Å². The second-order valence-electron chi connectivity index (χ2n) is 21.7. The molecule has 2 nitrogen and oxygen atoms in total. The lowest BCUT2D eigenvalue weighted by Gasteiger charge is -2.67. The summed E-state index contributed by atoms with van der Waals surface area (Å²) in [6.07, 6.45) is 25.3. The Morgan fingerprint density at radius 2 is 0.845 bits per heavy atom. The molecule has 3 aromatic carbocycles. The molecule has 8 fully saturated rings. The molecule has 8 aliphatic rings. The van der Waals surface area contributed by atoms with Crippen molar-refractivity contribution in [3.63, 3.8) is 0 Å². The van der Waals surface area contributed by atoms with Gasteiger partial charge in [0.25, 0.3) is 0 Å². The Kier molecular flexibility index (Phi) is 9.40. The van der Waals surface area contributed by atoms with E-state index in [-0.39, 0.29) is 18.8 Å². The summed E-state index contributed by atoms with van der Waals surface area (Å²) >= 11 is 0. The summed E-state index contributed by atoms with van der Waals surface area (Å²) in [5.41, 5.74) is 11.7. The minimum Gasteiger partial charge on any atom is -0.361 e. The molecule has 2 N–H and O–H groups in total. The van der Waals surface area contributed by atoms with Gasteiger partial charge in [-0.05, 0) is 195 Å². The third kappa shape index (κ3) is 6.48. The summed E-state index contributed by atoms with van der Waals surface area (Å²) in [7, 11) is -0.845. The van der Waals surface area contributed by atoms with E-state index in [1.165, 1.54) is 33.7 Å². The first kappa shape index (κ1) is 38.0. The predicted octanol–water partition coefficient (Wildman–Crippen LogP) is 13.5. The molecule has 0 amide bonds. The Hall–Kier alpha value is -2.92. The van der Waals surface area contributed by atoms with Gasteiger partial charge < -0.3 is 9.97 Å². The maximum atomic E-state index is 3.72. The molecule has 0 radical (unpaired) electrons. The van der Waals surface area contributed by atoms with Gasteiger partial charge in [0.2, 0.25) is 0 Å². The van der Waals surface area contributed by atoms with Crippen molar-refractivity contribution in [2.75, 3.05) is 0 Å². The van der Waals surface area contributed by atoms with Crippen molar-refractivity contribution >= 4 is 26.7 Å². The largest absolute Gasteiger partial charge is 0.361 e. The molecule has 0 spiro atoms. The second-order valence-corrected chi connectivity index (χ2v) is 26.9. The van der Waals surface area contributed by atoms with Crippen molar-refractivity contribution in [1.82, 2.24) is 9.97 Å². The predicted molar refractivity (Wildman–Crippen MR) is 247 cm³/mol. The molecule has 13 rings (SSSR count). The number of H-pyrrole nitrogens is 2. The summed E-state index contributed by atoms with van der Waals surface area (Å²) in [5.74, 6) is 6.00. The number of benzene rings is 3. The lowest BCUT2D eigenvalue weighted by molar-refractivity contribution is 0.0184. The van der Waals surface area contributed by atoms with E-state index in [0.717, 1.165) is 41.7 Å². The SMILES string of the molecule is CC(C)(c1ccccc1)c1cc(CP(c2ccc[nH]2)c2ccc[nH]2)c(CP(C23CC4CC(CC(C4)C2)C3)C23CC4CC(CC(C4)C2)C3)cc1C(C)(C)c1ccccc1. The molecule has 8 bridgehead atoms. The molecule has 2 heterocycles. The average molecular weight is 805 g/mol. The highest BCUT2D eigenvalue weighted by Crippen LogP contribution is 2.80. The van der Waals surface area contributed by atoms with E-state index in [2.05, 4.69) is 147 Å². The summed E-state index contributed by atoms with van der Waals surface area (Å²) in [4.78, 5) is 7.45. The van der Waals surface area contributed by atoms with Crippen LogP contribution in [0.3, 0.4) is 0 Å². The molecule has 0 atom stereocenters. The van der Waals surface area contributed by atoms with Gasteiger partial charge in [0, 0.05) is 40.3 Å². The number of rotatable bonds is 12. The molecule has 2 aromatic heterocycles. The van der Waals surface area contributed by atoms with Gasteiger partial charge in [-0.3, -0.25) is 0 Å². The second kappa shape index (κ2) is 14.3. The van der Waals surface area contributed by atoms with Crippen LogP contribution >= 0.6 is 15.8 Å². The van der Waals surface area contributed by atoms with Gasteiger partial charge in [-0.25, -0.2) is 0 Å². The van der Waals surface area contributed by atoms with Crippen molar-refractivity contribution < 1.29 is 0 Å². The van der Waals surface area contributed by atoms with Crippen molar-refractivity contribution in [1.29, 1.82) is 0 Å². The zero-order chi connectivity index (χ0) is 39.3. The van der Waals surface area contributed by atoms with Crippen molar-refractivity contribution in [3.05, 3.63) is 143 Å². The van der Waals surface area contributed by atoms with Gasteiger partial charge in [-0.2, -0.15) is 0 Å². The number of hydrogen-bond donors (Lipinski definition) is 2. The van der Waals surface area contributed by atoms with E-state index in [4.69, 9.17) is 0 Å². The number of aromatic amines is 2. The van der Waals surface area contributed by atoms with Gasteiger partial charge in [0.15, 0.2) is 0 Å². The maximum Gasteiger partial charge on any atom is 0.0448 e. The normalized spacial score (nSPS) is 31.7. The van der Waals surface area contributed by atoms with E-state index >= 15 is 0 Å².